The van der Waals surface area contributed by atoms with Crippen molar-refractivity contribution >= 4 is 34.8 Å². The van der Waals surface area contributed by atoms with Gasteiger partial charge in [-0.3, -0.25) is 9.59 Å². The number of anilines is 2. The number of hydrogen-bond donors (Lipinski definition) is 2. The molecule has 2 rings (SSSR count). The first kappa shape index (κ1) is 15.9. The Kier molecular flexibility index (Phi) is 5.01. The Bertz CT molecular complexity index is 716. The maximum absolute atomic E-state index is 12.2. The smallest absolute Gasteiger partial charge is 0.255 e. The van der Waals surface area contributed by atoms with Crippen molar-refractivity contribution in [3.63, 3.8) is 0 Å². The molecule has 114 valence electrons. The van der Waals surface area contributed by atoms with E-state index in [-0.39, 0.29) is 11.8 Å². The maximum Gasteiger partial charge on any atom is 0.255 e. The number of hydrogen-bond acceptors (Lipinski definition) is 3. The Hall–Kier alpha value is -2.53. The summed E-state index contributed by atoms with van der Waals surface area (Å²) < 4.78 is 5.06. The van der Waals surface area contributed by atoms with E-state index in [1.54, 1.807) is 42.5 Å². The summed E-state index contributed by atoms with van der Waals surface area (Å²) in [4.78, 5) is 23.3. The standard InChI is InChI=1S/C16H15ClN2O3/c1-10(20)18-12-5-3-4-11(8-12)16(21)19-13-6-7-15(22-2)14(17)9-13/h3-9H,1-2H3,(H,18,20)(H,19,21). The highest BCUT2D eigenvalue weighted by Gasteiger charge is 2.09. The van der Waals surface area contributed by atoms with Gasteiger partial charge in [-0.1, -0.05) is 17.7 Å². The predicted molar refractivity (Wildman–Crippen MR) is 86.7 cm³/mol. The van der Waals surface area contributed by atoms with Crippen LogP contribution in [0.25, 0.3) is 0 Å². The summed E-state index contributed by atoms with van der Waals surface area (Å²) in [6.45, 7) is 1.41. The first-order valence-corrected chi connectivity index (χ1v) is 6.90. The van der Waals surface area contributed by atoms with Crippen molar-refractivity contribution in [1.82, 2.24) is 0 Å². The van der Waals surface area contributed by atoms with Gasteiger partial charge in [0.1, 0.15) is 5.75 Å². The van der Waals surface area contributed by atoms with Crippen LogP contribution in [0.5, 0.6) is 5.75 Å². The lowest BCUT2D eigenvalue weighted by atomic mass is 10.2. The number of carbonyl (C=O) groups excluding carboxylic acids is 2. The average molecular weight is 319 g/mol. The van der Waals surface area contributed by atoms with E-state index in [0.29, 0.717) is 27.7 Å². The molecule has 0 saturated carbocycles. The van der Waals surface area contributed by atoms with Crippen LogP contribution in [-0.4, -0.2) is 18.9 Å². The van der Waals surface area contributed by atoms with Crippen LogP contribution in [0.1, 0.15) is 17.3 Å². The lowest BCUT2D eigenvalue weighted by Crippen LogP contribution is -2.13. The Morgan fingerprint density at radius 2 is 1.77 bits per heavy atom. The first-order chi connectivity index (χ1) is 10.5. The number of halogens is 1. The van der Waals surface area contributed by atoms with Crippen LogP contribution in [0.3, 0.4) is 0 Å². The van der Waals surface area contributed by atoms with E-state index in [9.17, 15) is 9.59 Å². The summed E-state index contributed by atoms with van der Waals surface area (Å²) in [6.07, 6.45) is 0. The second-order valence-corrected chi connectivity index (χ2v) is 4.97. The fourth-order valence-electron chi connectivity index (χ4n) is 1.89. The molecule has 0 radical (unpaired) electrons. The van der Waals surface area contributed by atoms with Gasteiger partial charge in [0.15, 0.2) is 0 Å². The van der Waals surface area contributed by atoms with Crippen LogP contribution in [0.15, 0.2) is 42.5 Å². The molecule has 0 aliphatic heterocycles. The van der Waals surface area contributed by atoms with E-state index in [1.807, 2.05) is 0 Å². The minimum absolute atomic E-state index is 0.195. The number of ether oxygens (including phenoxy) is 1. The molecule has 0 aliphatic carbocycles. The number of benzene rings is 2. The fraction of sp³-hybridized carbons (Fsp3) is 0.125. The lowest BCUT2D eigenvalue weighted by Gasteiger charge is -2.09. The molecular formula is C16H15ClN2O3. The number of rotatable bonds is 4. The fourth-order valence-corrected chi connectivity index (χ4v) is 2.15. The van der Waals surface area contributed by atoms with Crippen molar-refractivity contribution in [3.05, 3.63) is 53.1 Å². The third-order valence-corrected chi connectivity index (χ3v) is 3.15. The van der Waals surface area contributed by atoms with E-state index in [2.05, 4.69) is 10.6 Å². The van der Waals surface area contributed by atoms with Crippen molar-refractivity contribution in [3.8, 4) is 5.75 Å². The Balaban J connectivity index is 2.15. The van der Waals surface area contributed by atoms with Gasteiger partial charge in [-0.05, 0) is 36.4 Å². The Labute approximate surface area is 133 Å². The lowest BCUT2D eigenvalue weighted by molar-refractivity contribution is -0.114. The summed E-state index contributed by atoms with van der Waals surface area (Å²) in [5.74, 6) is 0.0419. The molecule has 22 heavy (non-hydrogen) atoms. The number of amides is 2. The van der Waals surface area contributed by atoms with E-state index in [4.69, 9.17) is 16.3 Å². The van der Waals surface area contributed by atoms with Crippen LogP contribution in [-0.2, 0) is 4.79 Å². The first-order valence-electron chi connectivity index (χ1n) is 6.52. The number of methoxy groups -OCH3 is 1. The molecule has 0 aliphatic rings. The molecule has 5 nitrogen and oxygen atoms in total. The van der Waals surface area contributed by atoms with E-state index >= 15 is 0 Å². The van der Waals surface area contributed by atoms with Crippen molar-refractivity contribution in [2.45, 2.75) is 6.92 Å². The molecule has 0 atom stereocenters. The van der Waals surface area contributed by atoms with Gasteiger partial charge < -0.3 is 15.4 Å². The monoisotopic (exact) mass is 318 g/mol. The zero-order valence-electron chi connectivity index (χ0n) is 12.1. The molecule has 0 saturated heterocycles. The Morgan fingerprint density at radius 3 is 2.41 bits per heavy atom. The van der Waals surface area contributed by atoms with Gasteiger partial charge in [-0.25, -0.2) is 0 Å². The van der Waals surface area contributed by atoms with Gasteiger partial charge in [0.25, 0.3) is 5.91 Å². The van der Waals surface area contributed by atoms with Crippen molar-refractivity contribution in [1.29, 1.82) is 0 Å². The van der Waals surface area contributed by atoms with Crippen LogP contribution in [0.4, 0.5) is 11.4 Å². The quantitative estimate of drug-likeness (QED) is 0.905. The van der Waals surface area contributed by atoms with Crippen molar-refractivity contribution < 1.29 is 14.3 Å². The summed E-state index contributed by atoms with van der Waals surface area (Å²) in [5.41, 5.74) is 1.55. The molecule has 2 aromatic carbocycles. The number of nitrogens with one attached hydrogen (secondary N) is 2. The van der Waals surface area contributed by atoms with Gasteiger partial charge in [0.05, 0.1) is 12.1 Å². The van der Waals surface area contributed by atoms with Crippen LogP contribution < -0.4 is 15.4 Å². The van der Waals surface area contributed by atoms with Crippen molar-refractivity contribution in [2.24, 2.45) is 0 Å². The summed E-state index contributed by atoms with van der Waals surface area (Å²) >= 11 is 6.02. The molecule has 0 fully saturated rings. The highest BCUT2D eigenvalue weighted by Crippen LogP contribution is 2.27. The van der Waals surface area contributed by atoms with Crippen molar-refractivity contribution in [2.75, 3.05) is 17.7 Å². The molecule has 0 bridgehead atoms. The molecule has 2 amide bonds. The molecule has 2 aromatic rings. The third-order valence-electron chi connectivity index (χ3n) is 2.85. The zero-order chi connectivity index (χ0) is 16.1. The summed E-state index contributed by atoms with van der Waals surface area (Å²) in [5, 5.41) is 5.78. The second kappa shape index (κ2) is 6.95. The predicted octanol–water partition coefficient (Wildman–Crippen LogP) is 3.56. The zero-order valence-corrected chi connectivity index (χ0v) is 12.9. The van der Waals surface area contributed by atoms with Gasteiger partial charge in [-0.15, -0.1) is 0 Å². The van der Waals surface area contributed by atoms with Gasteiger partial charge in [0.2, 0.25) is 5.91 Å². The van der Waals surface area contributed by atoms with E-state index in [1.165, 1.54) is 14.0 Å². The van der Waals surface area contributed by atoms with Gasteiger partial charge in [0, 0.05) is 23.9 Å². The summed E-state index contributed by atoms with van der Waals surface area (Å²) in [7, 11) is 1.52. The van der Waals surface area contributed by atoms with Crippen LogP contribution in [0.2, 0.25) is 5.02 Å². The minimum Gasteiger partial charge on any atom is -0.495 e. The van der Waals surface area contributed by atoms with Gasteiger partial charge >= 0.3 is 0 Å². The largest absolute Gasteiger partial charge is 0.495 e. The Morgan fingerprint density at radius 1 is 1.05 bits per heavy atom. The highest BCUT2D eigenvalue weighted by molar-refractivity contribution is 6.32. The van der Waals surface area contributed by atoms with E-state index < -0.39 is 0 Å². The maximum atomic E-state index is 12.2. The topological polar surface area (TPSA) is 67.4 Å². The molecule has 6 heteroatoms. The second-order valence-electron chi connectivity index (χ2n) is 4.57. The minimum atomic E-state index is -0.298. The normalized spacial score (nSPS) is 9.95. The molecule has 0 unspecified atom stereocenters. The summed E-state index contributed by atoms with van der Waals surface area (Å²) in [6, 6.07) is 11.6. The number of carbonyl (C=O) groups is 2. The van der Waals surface area contributed by atoms with Crippen LogP contribution in [0, 0.1) is 0 Å². The van der Waals surface area contributed by atoms with Gasteiger partial charge in [-0.2, -0.15) is 0 Å². The molecule has 0 spiro atoms. The van der Waals surface area contributed by atoms with Crippen LogP contribution >= 0.6 is 11.6 Å². The highest BCUT2D eigenvalue weighted by atomic mass is 35.5. The SMILES string of the molecule is COc1ccc(NC(=O)c2cccc(NC(C)=O)c2)cc1Cl. The average Bonchev–Trinajstić information content (AvgIpc) is 2.47. The molecule has 0 heterocycles. The third kappa shape index (κ3) is 3.99. The van der Waals surface area contributed by atoms with E-state index in [0.717, 1.165) is 0 Å². The molecular weight excluding hydrogens is 304 g/mol. The molecule has 2 N–H and O–H groups in total. The molecule has 0 aromatic heterocycles.